The van der Waals surface area contributed by atoms with Crippen LogP contribution in [0.4, 0.5) is 4.79 Å². The van der Waals surface area contributed by atoms with Crippen LogP contribution in [0.15, 0.2) is 18.3 Å². The largest absolute Gasteiger partial charge is 0.444 e. The Kier molecular flexibility index (Phi) is 3.34. The topological polar surface area (TPSA) is 60.5 Å². The molecule has 0 spiro atoms. The molecule has 0 saturated carbocycles. The third-order valence-corrected chi connectivity index (χ3v) is 3.02. The highest BCUT2D eigenvalue weighted by Gasteiger charge is 2.32. The van der Waals surface area contributed by atoms with Crippen molar-refractivity contribution >= 4 is 6.09 Å². The van der Waals surface area contributed by atoms with Crippen LogP contribution in [-0.2, 0) is 11.3 Å². The monoisotopic (exact) mass is 251 g/mol. The van der Waals surface area contributed by atoms with Gasteiger partial charge in [0.2, 0.25) is 0 Å². The van der Waals surface area contributed by atoms with E-state index in [1.165, 1.54) is 0 Å². The van der Waals surface area contributed by atoms with Gasteiger partial charge >= 0.3 is 6.09 Å². The standard InChI is InChI=1S/C13H21N3O2/c1-13(2,3)18-12(17)16-8-7-15-6-4-5-10(15)11(16)9-14/h4-6,11H,7-9,14H2,1-3H3/t11-/m0/s1. The molecule has 18 heavy (non-hydrogen) atoms. The minimum atomic E-state index is -0.477. The van der Waals surface area contributed by atoms with Gasteiger partial charge in [-0.15, -0.1) is 0 Å². The molecule has 1 atom stereocenters. The maximum atomic E-state index is 12.2. The molecule has 2 heterocycles. The van der Waals surface area contributed by atoms with Crippen LogP contribution >= 0.6 is 0 Å². The second-order valence-electron chi connectivity index (χ2n) is 5.55. The Bertz CT molecular complexity index is 434. The summed E-state index contributed by atoms with van der Waals surface area (Å²) in [5.41, 5.74) is 6.41. The highest BCUT2D eigenvalue weighted by molar-refractivity contribution is 5.69. The van der Waals surface area contributed by atoms with E-state index < -0.39 is 5.60 Å². The molecule has 2 rings (SSSR count). The van der Waals surface area contributed by atoms with E-state index in [1.54, 1.807) is 4.90 Å². The van der Waals surface area contributed by atoms with Crippen molar-refractivity contribution in [3.05, 3.63) is 24.0 Å². The van der Waals surface area contributed by atoms with Gasteiger partial charge in [-0.05, 0) is 32.9 Å². The first-order valence-corrected chi connectivity index (χ1v) is 6.27. The summed E-state index contributed by atoms with van der Waals surface area (Å²) in [6, 6.07) is 3.90. The number of ether oxygens (including phenoxy) is 1. The normalized spacial score (nSPS) is 19.6. The lowest BCUT2D eigenvalue weighted by atomic mass is 10.1. The molecule has 0 aromatic carbocycles. The number of rotatable bonds is 1. The first kappa shape index (κ1) is 13.0. The van der Waals surface area contributed by atoms with Crippen LogP contribution in [0.5, 0.6) is 0 Å². The zero-order chi connectivity index (χ0) is 13.3. The predicted molar refractivity (Wildman–Crippen MR) is 69.2 cm³/mol. The fourth-order valence-electron chi connectivity index (χ4n) is 2.25. The second-order valence-corrected chi connectivity index (χ2v) is 5.55. The first-order chi connectivity index (χ1) is 8.42. The smallest absolute Gasteiger partial charge is 0.410 e. The number of aromatic nitrogens is 1. The third kappa shape index (κ3) is 2.51. The van der Waals surface area contributed by atoms with Crippen molar-refractivity contribution in [2.24, 2.45) is 5.73 Å². The predicted octanol–water partition coefficient (Wildman–Crippen LogP) is 1.74. The molecular formula is C13H21N3O2. The van der Waals surface area contributed by atoms with Crippen molar-refractivity contribution in [2.75, 3.05) is 13.1 Å². The SMILES string of the molecule is CC(C)(C)OC(=O)N1CCn2cccc2[C@@H]1CN. The molecule has 2 N–H and O–H groups in total. The Balaban J connectivity index is 2.17. The van der Waals surface area contributed by atoms with Gasteiger partial charge in [0.25, 0.3) is 0 Å². The Labute approximate surface area is 108 Å². The number of nitrogens with two attached hydrogens (primary N) is 1. The summed E-state index contributed by atoms with van der Waals surface area (Å²) in [6.45, 7) is 7.44. The number of amides is 1. The number of fused-ring (bicyclic) bond motifs is 1. The Morgan fingerprint density at radius 3 is 2.83 bits per heavy atom. The van der Waals surface area contributed by atoms with Crippen molar-refractivity contribution in [3.8, 4) is 0 Å². The number of hydrogen-bond donors (Lipinski definition) is 1. The number of carbonyl (C=O) groups is 1. The van der Waals surface area contributed by atoms with Crippen LogP contribution in [0, 0.1) is 0 Å². The van der Waals surface area contributed by atoms with E-state index in [0.717, 1.165) is 12.2 Å². The van der Waals surface area contributed by atoms with Gasteiger partial charge in [-0.1, -0.05) is 0 Å². The Hall–Kier alpha value is -1.49. The quantitative estimate of drug-likeness (QED) is 0.827. The molecule has 0 radical (unpaired) electrons. The first-order valence-electron chi connectivity index (χ1n) is 6.27. The fourth-order valence-corrected chi connectivity index (χ4v) is 2.25. The van der Waals surface area contributed by atoms with E-state index in [-0.39, 0.29) is 12.1 Å². The van der Waals surface area contributed by atoms with Crippen molar-refractivity contribution in [1.29, 1.82) is 0 Å². The zero-order valence-corrected chi connectivity index (χ0v) is 11.2. The molecule has 5 heteroatoms. The molecule has 0 fully saturated rings. The fraction of sp³-hybridized carbons (Fsp3) is 0.615. The van der Waals surface area contributed by atoms with Gasteiger partial charge in [0.05, 0.1) is 6.04 Å². The van der Waals surface area contributed by atoms with Gasteiger partial charge in [-0.2, -0.15) is 0 Å². The van der Waals surface area contributed by atoms with Gasteiger partial charge in [0.1, 0.15) is 5.60 Å². The molecule has 1 aliphatic rings. The van der Waals surface area contributed by atoms with Crippen LogP contribution in [-0.4, -0.2) is 34.3 Å². The van der Waals surface area contributed by atoms with E-state index in [0.29, 0.717) is 13.1 Å². The van der Waals surface area contributed by atoms with Crippen LogP contribution in [0.3, 0.4) is 0 Å². The lowest BCUT2D eigenvalue weighted by molar-refractivity contribution is 0.0115. The summed E-state index contributed by atoms with van der Waals surface area (Å²) in [5, 5.41) is 0. The van der Waals surface area contributed by atoms with Gasteiger partial charge in [0.15, 0.2) is 0 Å². The lowest BCUT2D eigenvalue weighted by Gasteiger charge is -2.37. The molecular weight excluding hydrogens is 230 g/mol. The van der Waals surface area contributed by atoms with Gasteiger partial charge in [-0.25, -0.2) is 4.79 Å². The van der Waals surface area contributed by atoms with Crippen molar-refractivity contribution in [1.82, 2.24) is 9.47 Å². The second kappa shape index (κ2) is 4.65. The summed E-state index contributed by atoms with van der Waals surface area (Å²) >= 11 is 0. The molecule has 100 valence electrons. The molecule has 1 aromatic rings. The van der Waals surface area contributed by atoms with Gasteiger partial charge < -0.3 is 15.0 Å². The average molecular weight is 251 g/mol. The van der Waals surface area contributed by atoms with E-state index in [1.807, 2.05) is 39.1 Å². The Morgan fingerprint density at radius 2 is 2.22 bits per heavy atom. The van der Waals surface area contributed by atoms with E-state index >= 15 is 0 Å². The minimum absolute atomic E-state index is 0.0939. The molecule has 0 unspecified atom stereocenters. The van der Waals surface area contributed by atoms with E-state index in [9.17, 15) is 4.79 Å². The average Bonchev–Trinajstić information content (AvgIpc) is 2.72. The molecule has 0 bridgehead atoms. The summed E-state index contributed by atoms with van der Waals surface area (Å²) in [5.74, 6) is 0. The zero-order valence-electron chi connectivity index (χ0n) is 11.2. The third-order valence-electron chi connectivity index (χ3n) is 3.02. The molecule has 1 amide bonds. The van der Waals surface area contributed by atoms with E-state index in [4.69, 9.17) is 10.5 Å². The van der Waals surface area contributed by atoms with Crippen molar-refractivity contribution in [2.45, 2.75) is 39.0 Å². The van der Waals surface area contributed by atoms with Crippen LogP contribution in [0.25, 0.3) is 0 Å². The minimum Gasteiger partial charge on any atom is -0.444 e. The van der Waals surface area contributed by atoms with Crippen LogP contribution in [0.2, 0.25) is 0 Å². The van der Waals surface area contributed by atoms with Gasteiger partial charge in [-0.3, -0.25) is 4.90 Å². The van der Waals surface area contributed by atoms with Crippen LogP contribution in [0.1, 0.15) is 32.5 Å². The number of nitrogens with zero attached hydrogens (tertiary/aromatic N) is 2. The van der Waals surface area contributed by atoms with Crippen molar-refractivity contribution < 1.29 is 9.53 Å². The van der Waals surface area contributed by atoms with Crippen LogP contribution < -0.4 is 5.73 Å². The molecule has 0 saturated heterocycles. The lowest BCUT2D eigenvalue weighted by Crippen LogP contribution is -2.46. The Morgan fingerprint density at radius 1 is 1.50 bits per heavy atom. The van der Waals surface area contributed by atoms with E-state index in [2.05, 4.69) is 4.57 Å². The van der Waals surface area contributed by atoms with Gasteiger partial charge in [0, 0.05) is 31.5 Å². The van der Waals surface area contributed by atoms with Crippen molar-refractivity contribution in [3.63, 3.8) is 0 Å². The highest BCUT2D eigenvalue weighted by Crippen LogP contribution is 2.26. The molecule has 0 aliphatic carbocycles. The molecule has 5 nitrogen and oxygen atoms in total. The maximum Gasteiger partial charge on any atom is 0.410 e. The number of carbonyl (C=O) groups excluding carboxylic acids is 1. The number of hydrogen-bond acceptors (Lipinski definition) is 3. The summed E-state index contributed by atoms with van der Waals surface area (Å²) in [4.78, 5) is 13.9. The maximum absolute atomic E-state index is 12.2. The highest BCUT2D eigenvalue weighted by atomic mass is 16.6. The summed E-state index contributed by atoms with van der Waals surface area (Å²) in [7, 11) is 0. The molecule has 1 aromatic heterocycles. The molecule has 1 aliphatic heterocycles. The summed E-state index contributed by atoms with van der Waals surface area (Å²) < 4.78 is 7.56. The summed E-state index contributed by atoms with van der Waals surface area (Å²) in [6.07, 6.45) is 1.73.